The second kappa shape index (κ2) is 10.8. The Labute approximate surface area is 253 Å². The van der Waals surface area contributed by atoms with Crippen LogP contribution in [0, 0.1) is 0 Å². The van der Waals surface area contributed by atoms with E-state index in [0.29, 0.717) is 5.82 Å². The van der Waals surface area contributed by atoms with Crippen LogP contribution in [0.1, 0.15) is 0 Å². The molecule has 0 aliphatic carbocycles. The molecule has 8 rings (SSSR count). The van der Waals surface area contributed by atoms with E-state index in [1.807, 2.05) is 42.5 Å². The highest BCUT2D eigenvalue weighted by Gasteiger charge is 2.17. The molecule has 0 atom stereocenters. The van der Waals surface area contributed by atoms with Crippen molar-refractivity contribution in [2.75, 3.05) is 0 Å². The molecule has 0 amide bonds. The minimum absolute atomic E-state index is 0.716. The molecular weight excluding hydrogens is 543 g/mol. The zero-order valence-electron chi connectivity index (χ0n) is 23.2. The van der Waals surface area contributed by atoms with Crippen LogP contribution in [0.2, 0.25) is 0 Å². The van der Waals surface area contributed by atoms with Crippen molar-refractivity contribution >= 4 is 32.3 Å². The molecule has 0 aliphatic rings. The maximum absolute atomic E-state index is 5.12. The van der Waals surface area contributed by atoms with Crippen LogP contribution in [0.25, 0.3) is 76.6 Å². The number of nitrogens with zero attached hydrogens (tertiary/aromatic N) is 3. The fraction of sp³-hybridized carbons (Fsp3) is 0. The molecule has 0 unspecified atom stereocenters. The normalized spacial score (nSPS) is 11.3. The lowest BCUT2D eigenvalue weighted by Crippen LogP contribution is -1.96. The summed E-state index contributed by atoms with van der Waals surface area (Å²) in [5, 5.41) is 3.37. The summed E-state index contributed by atoms with van der Waals surface area (Å²) in [5.41, 5.74) is 9.48. The molecule has 202 valence electrons. The quantitative estimate of drug-likeness (QED) is 0.208. The SMILES string of the molecule is c1ccc(-c2cc(-c3ccc(-c4cccc5nc(-c6ccccc6)sc45)c4ccccc34)nc(-c3ccccc3)n2)cc1. The Morgan fingerprint density at radius 3 is 1.70 bits per heavy atom. The van der Waals surface area contributed by atoms with Crippen molar-refractivity contribution in [2.24, 2.45) is 0 Å². The number of aromatic nitrogens is 3. The number of benzene rings is 6. The van der Waals surface area contributed by atoms with Gasteiger partial charge in [-0.1, -0.05) is 140 Å². The Kier molecular flexibility index (Phi) is 6.32. The molecule has 4 heteroatoms. The largest absolute Gasteiger partial charge is 0.236 e. The van der Waals surface area contributed by atoms with E-state index in [9.17, 15) is 0 Å². The van der Waals surface area contributed by atoms with Crippen molar-refractivity contribution in [3.05, 3.63) is 152 Å². The van der Waals surface area contributed by atoms with Crippen LogP contribution >= 0.6 is 11.3 Å². The minimum Gasteiger partial charge on any atom is -0.236 e. The van der Waals surface area contributed by atoms with Gasteiger partial charge in [-0.3, -0.25) is 0 Å². The molecule has 0 spiro atoms. The summed E-state index contributed by atoms with van der Waals surface area (Å²) in [5.74, 6) is 0.716. The van der Waals surface area contributed by atoms with Gasteiger partial charge >= 0.3 is 0 Å². The van der Waals surface area contributed by atoms with Gasteiger partial charge in [0, 0.05) is 27.8 Å². The Morgan fingerprint density at radius 2 is 0.977 bits per heavy atom. The summed E-state index contributed by atoms with van der Waals surface area (Å²) in [4.78, 5) is 15.1. The van der Waals surface area contributed by atoms with E-state index in [-0.39, 0.29) is 0 Å². The summed E-state index contributed by atoms with van der Waals surface area (Å²) >= 11 is 1.75. The van der Waals surface area contributed by atoms with Gasteiger partial charge in [0.25, 0.3) is 0 Å². The third-order valence-corrected chi connectivity index (χ3v) is 8.91. The second-order valence-electron chi connectivity index (χ2n) is 10.4. The Hall–Kier alpha value is -5.45. The fourth-order valence-corrected chi connectivity index (χ4v) is 6.78. The molecule has 8 aromatic rings. The van der Waals surface area contributed by atoms with Crippen LogP contribution in [0.15, 0.2) is 152 Å². The first kappa shape index (κ1) is 25.3. The minimum atomic E-state index is 0.716. The first-order valence-electron chi connectivity index (χ1n) is 14.3. The van der Waals surface area contributed by atoms with E-state index in [0.717, 1.165) is 49.6 Å². The maximum atomic E-state index is 5.12. The third-order valence-electron chi connectivity index (χ3n) is 7.75. The van der Waals surface area contributed by atoms with Crippen molar-refractivity contribution < 1.29 is 0 Å². The predicted octanol–water partition coefficient (Wildman–Crippen LogP) is 10.6. The van der Waals surface area contributed by atoms with E-state index in [1.165, 1.54) is 21.2 Å². The van der Waals surface area contributed by atoms with Crippen LogP contribution in [0.4, 0.5) is 0 Å². The molecule has 0 aliphatic heterocycles. The van der Waals surface area contributed by atoms with Crippen molar-refractivity contribution in [1.29, 1.82) is 0 Å². The van der Waals surface area contributed by atoms with Gasteiger partial charge in [-0.2, -0.15) is 0 Å². The monoisotopic (exact) mass is 567 g/mol. The van der Waals surface area contributed by atoms with Crippen molar-refractivity contribution in [2.45, 2.75) is 0 Å². The molecular formula is C39H25N3S. The van der Waals surface area contributed by atoms with Gasteiger partial charge in [0.2, 0.25) is 0 Å². The molecule has 6 aromatic carbocycles. The van der Waals surface area contributed by atoms with Crippen LogP contribution in [-0.2, 0) is 0 Å². The summed E-state index contributed by atoms with van der Waals surface area (Å²) in [6.07, 6.45) is 0. The van der Waals surface area contributed by atoms with Gasteiger partial charge in [0.1, 0.15) is 5.01 Å². The van der Waals surface area contributed by atoms with Crippen LogP contribution in [0.5, 0.6) is 0 Å². The first-order chi connectivity index (χ1) is 21.3. The van der Waals surface area contributed by atoms with Gasteiger partial charge in [-0.25, -0.2) is 15.0 Å². The molecule has 0 N–H and O–H groups in total. The van der Waals surface area contributed by atoms with Crippen LogP contribution in [-0.4, -0.2) is 15.0 Å². The molecule has 0 saturated heterocycles. The number of thiazole rings is 1. The van der Waals surface area contributed by atoms with Gasteiger partial charge < -0.3 is 0 Å². The van der Waals surface area contributed by atoms with Crippen molar-refractivity contribution in [3.8, 4) is 55.6 Å². The van der Waals surface area contributed by atoms with Gasteiger partial charge in [-0.15, -0.1) is 11.3 Å². The fourth-order valence-electron chi connectivity index (χ4n) is 5.68. The third kappa shape index (κ3) is 4.68. The number of fused-ring (bicyclic) bond motifs is 2. The van der Waals surface area contributed by atoms with Gasteiger partial charge in [0.15, 0.2) is 5.82 Å². The predicted molar refractivity (Wildman–Crippen MR) is 180 cm³/mol. The average Bonchev–Trinajstić information content (AvgIpc) is 3.54. The molecule has 2 heterocycles. The highest BCUT2D eigenvalue weighted by Crippen LogP contribution is 2.41. The molecule has 0 saturated carbocycles. The van der Waals surface area contributed by atoms with E-state index >= 15 is 0 Å². The van der Waals surface area contributed by atoms with E-state index in [2.05, 4.69) is 109 Å². The van der Waals surface area contributed by atoms with E-state index < -0.39 is 0 Å². The first-order valence-corrected chi connectivity index (χ1v) is 15.1. The van der Waals surface area contributed by atoms with Crippen LogP contribution in [0.3, 0.4) is 0 Å². The summed E-state index contributed by atoms with van der Waals surface area (Å²) in [6.45, 7) is 0. The molecule has 3 nitrogen and oxygen atoms in total. The maximum Gasteiger partial charge on any atom is 0.160 e. The molecule has 0 radical (unpaired) electrons. The highest BCUT2D eigenvalue weighted by molar-refractivity contribution is 7.22. The number of hydrogen-bond donors (Lipinski definition) is 0. The lowest BCUT2D eigenvalue weighted by atomic mass is 9.93. The average molecular weight is 568 g/mol. The number of hydrogen-bond acceptors (Lipinski definition) is 4. The smallest absolute Gasteiger partial charge is 0.160 e. The Morgan fingerprint density at radius 1 is 0.395 bits per heavy atom. The molecule has 0 bridgehead atoms. The Balaban J connectivity index is 1.32. The lowest BCUT2D eigenvalue weighted by molar-refractivity contribution is 1.18. The molecule has 43 heavy (non-hydrogen) atoms. The topological polar surface area (TPSA) is 38.7 Å². The van der Waals surface area contributed by atoms with Crippen molar-refractivity contribution in [1.82, 2.24) is 15.0 Å². The lowest BCUT2D eigenvalue weighted by Gasteiger charge is -2.14. The highest BCUT2D eigenvalue weighted by atomic mass is 32.1. The standard InChI is InChI=1S/C39H25N3S/c1-4-13-26(14-5-1)35-25-36(41-38(40-35)27-15-6-2-7-16-27)32-24-23-31(29-19-10-11-20-30(29)32)33-21-12-22-34-37(33)43-39(42-34)28-17-8-3-9-18-28/h1-25H. The number of rotatable bonds is 5. The van der Waals surface area contributed by atoms with E-state index in [1.54, 1.807) is 11.3 Å². The molecule has 0 fully saturated rings. The van der Waals surface area contributed by atoms with Crippen LogP contribution < -0.4 is 0 Å². The zero-order valence-corrected chi connectivity index (χ0v) is 24.0. The van der Waals surface area contributed by atoms with E-state index in [4.69, 9.17) is 15.0 Å². The van der Waals surface area contributed by atoms with Gasteiger partial charge in [0.05, 0.1) is 21.6 Å². The summed E-state index contributed by atoms with van der Waals surface area (Å²) in [6, 6.07) is 52.6. The molecule has 2 aromatic heterocycles. The second-order valence-corrected chi connectivity index (χ2v) is 11.4. The zero-order chi connectivity index (χ0) is 28.6. The summed E-state index contributed by atoms with van der Waals surface area (Å²) < 4.78 is 1.19. The van der Waals surface area contributed by atoms with Crippen molar-refractivity contribution in [3.63, 3.8) is 0 Å². The summed E-state index contributed by atoms with van der Waals surface area (Å²) in [7, 11) is 0. The van der Waals surface area contributed by atoms with Gasteiger partial charge in [-0.05, 0) is 28.5 Å². The Bertz CT molecular complexity index is 2170.